The molecule has 0 aliphatic heterocycles. The minimum absolute atomic E-state index is 0.322. The van der Waals surface area contributed by atoms with Crippen LogP contribution in [0.25, 0.3) is 10.8 Å². The van der Waals surface area contributed by atoms with Gasteiger partial charge in [-0.1, -0.05) is 30.3 Å². The molecule has 80 valence electrons. The number of allylic oxidation sites excluding steroid dienone is 1. The van der Waals surface area contributed by atoms with Crippen molar-refractivity contribution >= 4 is 16.7 Å². The summed E-state index contributed by atoms with van der Waals surface area (Å²) >= 11 is 0. The summed E-state index contributed by atoms with van der Waals surface area (Å²) in [6, 6.07) is 11.1. The third kappa shape index (κ3) is 1.82. The molecule has 0 spiro atoms. The van der Waals surface area contributed by atoms with E-state index in [1.54, 1.807) is 12.1 Å². The van der Waals surface area contributed by atoms with Crippen LogP contribution in [-0.2, 0) is 6.42 Å². The van der Waals surface area contributed by atoms with Crippen LogP contribution in [-0.4, -0.2) is 11.1 Å². The lowest BCUT2D eigenvalue weighted by Gasteiger charge is -2.05. The van der Waals surface area contributed by atoms with E-state index < -0.39 is 5.97 Å². The predicted molar refractivity (Wildman–Crippen MR) is 64.8 cm³/mol. The fourth-order valence-corrected chi connectivity index (χ4v) is 1.82. The monoisotopic (exact) mass is 212 g/mol. The Morgan fingerprint density at radius 2 is 2.12 bits per heavy atom. The number of carboxylic acids is 1. The number of rotatable bonds is 3. The summed E-state index contributed by atoms with van der Waals surface area (Å²) in [5, 5.41) is 10.9. The van der Waals surface area contributed by atoms with Gasteiger partial charge in [-0.25, -0.2) is 4.79 Å². The molecule has 0 bridgehead atoms. The van der Waals surface area contributed by atoms with Crippen LogP contribution < -0.4 is 0 Å². The highest BCUT2D eigenvalue weighted by molar-refractivity contribution is 5.95. The van der Waals surface area contributed by atoms with Gasteiger partial charge in [-0.2, -0.15) is 0 Å². The first kappa shape index (κ1) is 10.4. The zero-order valence-corrected chi connectivity index (χ0v) is 8.81. The summed E-state index contributed by atoms with van der Waals surface area (Å²) in [6.07, 6.45) is 2.64. The van der Waals surface area contributed by atoms with Crippen LogP contribution in [0.5, 0.6) is 0 Å². The second-order valence-corrected chi connectivity index (χ2v) is 3.65. The van der Waals surface area contributed by atoms with Crippen molar-refractivity contribution < 1.29 is 9.90 Å². The van der Waals surface area contributed by atoms with Crippen LogP contribution in [0, 0.1) is 0 Å². The SMILES string of the molecule is C=CCc1cccc2cc(C(=O)O)ccc12. The van der Waals surface area contributed by atoms with Crippen LogP contribution in [0.15, 0.2) is 49.1 Å². The Kier molecular flexibility index (Phi) is 2.73. The molecule has 16 heavy (non-hydrogen) atoms. The minimum atomic E-state index is -0.893. The van der Waals surface area contributed by atoms with Crippen LogP contribution in [0.4, 0.5) is 0 Å². The lowest BCUT2D eigenvalue weighted by atomic mass is 10.0. The standard InChI is InChI=1S/C14H12O2/c1-2-4-10-5-3-6-11-9-12(14(15)16)7-8-13(10)11/h2-3,5-9H,1,4H2,(H,15,16). The van der Waals surface area contributed by atoms with Crippen molar-refractivity contribution in [2.24, 2.45) is 0 Å². The van der Waals surface area contributed by atoms with Gasteiger partial charge < -0.3 is 5.11 Å². The summed E-state index contributed by atoms with van der Waals surface area (Å²) in [4.78, 5) is 10.8. The van der Waals surface area contributed by atoms with Crippen LogP contribution in [0.3, 0.4) is 0 Å². The van der Waals surface area contributed by atoms with Crippen molar-refractivity contribution in [3.05, 3.63) is 60.2 Å². The van der Waals surface area contributed by atoms with Gasteiger partial charge in [0.25, 0.3) is 0 Å². The summed E-state index contributed by atoms with van der Waals surface area (Å²) in [5.74, 6) is -0.893. The van der Waals surface area contributed by atoms with E-state index in [-0.39, 0.29) is 0 Å². The number of benzene rings is 2. The molecule has 0 aromatic heterocycles. The smallest absolute Gasteiger partial charge is 0.335 e. The van der Waals surface area contributed by atoms with Gasteiger partial charge in [0.2, 0.25) is 0 Å². The van der Waals surface area contributed by atoms with E-state index in [2.05, 4.69) is 6.58 Å². The van der Waals surface area contributed by atoms with E-state index >= 15 is 0 Å². The van der Waals surface area contributed by atoms with Gasteiger partial charge in [-0.05, 0) is 34.9 Å². The number of aromatic carboxylic acids is 1. The summed E-state index contributed by atoms with van der Waals surface area (Å²) in [7, 11) is 0. The zero-order valence-electron chi connectivity index (χ0n) is 8.81. The van der Waals surface area contributed by atoms with Crippen molar-refractivity contribution in [3.63, 3.8) is 0 Å². The first-order chi connectivity index (χ1) is 7.72. The van der Waals surface area contributed by atoms with E-state index in [9.17, 15) is 4.79 Å². The average Bonchev–Trinajstić information content (AvgIpc) is 2.29. The third-order valence-corrected chi connectivity index (χ3v) is 2.58. The predicted octanol–water partition coefficient (Wildman–Crippen LogP) is 3.27. The maximum absolute atomic E-state index is 10.8. The first-order valence-electron chi connectivity index (χ1n) is 5.08. The molecule has 2 nitrogen and oxygen atoms in total. The third-order valence-electron chi connectivity index (χ3n) is 2.58. The lowest BCUT2D eigenvalue weighted by molar-refractivity contribution is 0.0697. The molecular formula is C14H12O2. The molecule has 0 saturated carbocycles. The number of hydrogen-bond acceptors (Lipinski definition) is 1. The van der Waals surface area contributed by atoms with E-state index in [0.29, 0.717) is 5.56 Å². The van der Waals surface area contributed by atoms with Gasteiger partial charge in [-0.3, -0.25) is 0 Å². The van der Waals surface area contributed by atoms with Crippen molar-refractivity contribution in [2.45, 2.75) is 6.42 Å². The van der Waals surface area contributed by atoms with E-state index in [1.807, 2.05) is 30.3 Å². The van der Waals surface area contributed by atoms with Crippen molar-refractivity contribution in [3.8, 4) is 0 Å². The molecule has 2 aromatic carbocycles. The van der Waals surface area contributed by atoms with Gasteiger partial charge in [0.05, 0.1) is 5.56 Å². The van der Waals surface area contributed by atoms with E-state index in [1.165, 1.54) is 5.56 Å². The molecule has 2 rings (SSSR count). The minimum Gasteiger partial charge on any atom is -0.478 e. The highest BCUT2D eigenvalue weighted by atomic mass is 16.4. The van der Waals surface area contributed by atoms with Crippen molar-refractivity contribution in [1.82, 2.24) is 0 Å². The topological polar surface area (TPSA) is 37.3 Å². The molecule has 0 aliphatic rings. The molecule has 0 fully saturated rings. The van der Waals surface area contributed by atoms with Gasteiger partial charge in [0.15, 0.2) is 0 Å². The van der Waals surface area contributed by atoms with Crippen LogP contribution in [0.1, 0.15) is 15.9 Å². The average molecular weight is 212 g/mol. The summed E-state index contributed by atoms with van der Waals surface area (Å²) in [5.41, 5.74) is 1.49. The second kappa shape index (κ2) is 4.19. The second-order valence-electron chi connectivity index (χ2n) is 3.65. The fraction of sp³-hybridized carbons (Fsp3) is 0.0714. The highest BCUT2D eigenvalue weighted by Gasteiger charge is 2.05. The molecule has 0 amide bonds. The van der Waals surface area contributed by atoms with Gasteiger partial charge in [0.1, 0.15) is 0 Å². The van der Waals surface area contributed by atoms with Crippen LogP contribution in [0.2, 0.25) is 0 Å². The number of fused-ring (bicyclic) bond motifs is 1. The number of carbonyl (C=O) groups is 1. The molecule has 0 saturated heterocycles. The molecule has 2 aromatic rings. The molecule has 0 unspecified atom stereocenters. The maximum atomic E-state index is 10.8. The zero-order chi connectivity index (χ0) is 11.5. The fourth-order valence-electron chi connectivity index (χ4n) is 1.82. The maximum Gasteiger partial charge on any atom is 0.335 e. The molecule has 2 heteroatoms. The van der Waals surface area contributed by atoms with Gasteiger partial charge in [0, 0.05) is 0 Å². The number of hydrogen-bond donors (Lipinski definition) is 1. The Bertz CT molecular complexity index is 556. The quantitative estimate of drug-likeness (QED) is 0.793. The van der Waals surface area contributed by atoms with Gasteiger partial charge in [-0.15, -0.1) is 6.58 Å². The molecule has 0 radical (unpaired) electrons. The lowest BCUT2D eigenvalue weighted by Crippen LogP contribution is -1.95. The Hall–Kier alpha value is -2.09. The van der Waals surface area contributed by atoms with Crippen molar-refractivity contribution in [2.75, 3.05) is 0 Å². The van der Waals surface area contributed by atoms with E-state index in [0.717, 1.165) is 17.2 Å². The van der Waals surface area contributed by atoms with Crippen molar-refractivity contribution in [1.29, 1.82) is 0 Å². The van der Waals surface area contributed by atoms with Gasteiger partial charge >= 0.3 is 5.97 Å². The molecule has 1 N–H and O–H groups in total. The molecule has 0 atom stereocenters. The summed E-state index contributed by atoms with van der Waals surface area (Å²) in [6.45, 7) is 3.71. The van der Waals surface area contributed by atoms with E-state index in [4.69, 9.17) is 5.11 Å². The Labute approximate surface area is 93.8 Å². The number of carboxylic acid groups (broad SMARTS) is 1. The molecule has 0 heterocycles. The first-order valence-corrected chi connectivity index (χ1v) is 5.08. The largest absolute Gasteiger partial charge is 0.478 e. The highest BCUT2D eigenvalue weighted by Crippen LogP contribution is 2.21. The Morgan fingerprint density at radius 1 is 1.31 bits per heavy atom. The molecule has 0 aliphatic carbocycles. The Balaban J connectivity index is 2.63. The summed E-state index contributed by atoms with van der Waals surface area (Å²) < 4.78 is 0. The normalized spacial score (nSPS) is 10.2. The van der Waals surface area contributed by atoms with Crippen LogP contribution >= 0.6 is 0 Å². The Morgan fingerprint density at radius 3 is 2.81 bits per heavy atom. The molecular weight excluding hydrogens is 200 g/mol.